The Hall–Kier alpha value is -1.66. The molecule has 8 heteroatoms. The van der Waals surface area contributed by atoms with Crippen LogP contribution in [0.4, 0.5) is 10.5 Å². The van der Waals surface area contributed by atoms with E-state index in [9.17, 15) is 4.79 Å². The van der Waals surface area contributed by atoms with Crippen molar-refractivity contribution in [2.75, 3.05) is 12.4 Å². The number of amides is 2. The second-order valence-electron chi connectivity index (χ2n) is 4.31. The first-order valence-corrected chi connectivity index (χ1v) is 6.56. The van der Waals surface area contributed by atoms with Crippen molar-refractivity contribution >= 4 is 40.8 Å². The Labute approximate surface area is 127 Å². The second kappa shape index (κ2) is 7.21. The Bertz CT molecular complexity index is 522. The number of anilines is 1. The Morgan fingerprint density at radius 2 is 2.15 bits per heavy atom. The molecule has 1 rings (SSSR count). The van der Waals surface area contributed by atoms with Crippen LogP contribution in [0.2, 0.25) is 10.0 Å². The molecule has 0 saturated carbocycles. The van der Waals surface area contributed by atoms with E-state index in [1.54, 1.807) is 32.2 Å². The van der Waals surface area contributed by atoms with Gasteiger partial charge in [0.15, 0.2) is 0 Å². The molecule has 20 heavy (non-hydrogen) atoms. The summed E-state index contributed by atoms with van der Waals surface area (Å²) in [5, 5.41) is 14.8. The average Bonchev–Trinajstić information content (AvgIpc) is 2.41. The monoisotopic (exact) mass is 318 g/mol. The van der Waals surface area contributed by atoms with Crippen LogP contribution in [0.25, 0.3) is 0 Å². The number of nitrogens with two attached hydrogens (primary N) is 1. The van der Waals surface area contributed by atoms with Crippen LogP contribution in [0.1, 0.15) is 13.3 Å². The van der Waals surface area contributed by atoms with Gasteiger partial charge in [0, 0.05) is 25.2 Å². The van der Waals surface area contributed by atoms with Crippen LogP contribution in [-0.4, -0.2) is 35.1 Å². The molecule has 6 nitrogen and oxygen atoms in total. The van der Waals surface area contributed by atoms with Crippen molar-refractivity contribution < 1.29 is 10.0 Å². The van der Waals surface area contributed by atoms with Crippen molar-refractivity contribution in [3.8, 4) is 0 Å². The first-order chi connectivity index (χ1) is 9.35. The third-order valence-electron chi connectivity index (χ3n) is 2.79. The van der Waals surface area contributed by atoms with Crippen LogP contribution >= 0.6 is 23.2 Å². The van der Waals surface area contributed by atoms with Crippen molar-refractivity contribution in [3.63, 3.8) is 0 Å². The first kappa shape index (κ1) is 16.4. The molecule has 1 aromatic carbocycles. The molecule has 1 atom stereocenters. The summed E-state index contributed by atoms with van der Waals surface area (Å²) in [6.45, 7) is 1.78. The molecule has 0 fully saturated rings. The number of nitrogens with one attached hydrogen (secondary N) is 1. The molecular formula is C12H16Cl2N4O2. The van der Waals surface area contributed by atoms with E-state index >= 15 is 0 Å². The van der Waals surface area contributed by atoms with E-state index in [0.717, 1.165) is 0 Å². The van der Waals surface area contributed by atoms with Gasteiger partial charge < -0.3 is 21.2 Å². The maximum absolute atomic E-state index is 12.0. The number of hydrogen-bond acceptors (Lipinski definition) is 3. The van der Waals surface area contributed by atoms with Gasteiger partial charge in [0.2, 0.25) is 0 Å². The molecule has 1 aromatic rings. The quantitative estimate of drug-likeness (QED) is 0.345. The maximum Gasteiger partial charge on any atom is 0.321 e. The van der Waals surface area contributed by atoms with Crippen molar-refractivity contribution in [2.45, 2.75) is 19.4 Å². The summed E-state index contributed by atoms with van der Waals surface area (Å²) in [6, 6.07) is 4.24. The van der Waals surface area contributed by atoms with Gasteiger partial charge in [-0.15, -0.1) is 0 Å². The molecule has 1 unspecified atom stereocenters. The molecule has 0 spiro atoms. The van der Waals surface area contributed by atoms with Gasteiger partial charge in [-0.05, 0) is 25.1 Å². The Balaban J connectivity index is 2.67. The van der Waals surface area contributed by atoms with Crippen LogP contribution in [0, 0.1) is 0 Å². The van der Waals surface area contributed by atoms with Crippen LogP contribution in [0.15, 0.2) is 23.4 Å². The number of amidine groups is 1. The molecule has 0 aliphatic heterocycles. The lowest BCUT2D eigenvalue weighted by Crippen LogP contribution is -2.40. The lowest BCUT2D eigenvalue weighted by Gasteiger charge is -2.24. The summed E-state index contributed by atoms with van der Waals surface area (Å²) < 4.78 is 0. The topological polar surface area (TPSA) is 91.0 Å². The Morgan fingerprint density at radius 1 is 1.50 bits per heavy atom. The van der Waals surface area contributed by atoms with Gasteiger partial charge in [-0.2, -0.15) is 0 Å². The third-order valence-corrected chi connectivity index (χ3v) is 3.52. The van der Waals surface area contributed by atoms with E-state index < -0.39 is 0 Å². The SMILES string of the molecule is CC(CC(N)=NO)N(C)C(=O)Nc1ccc(Cl)c(Cl)c1. The number of hydrogen-bond donors (Lipinski definition) is 3. The average molecular weight is 319 g/mol. The molecule has 0 aliphatic carbocycles. The summed E-state index contributed by atoms with van der Waals surface area (Å²) in [5.41, 5.74) is 5.94. The van der Waals surface area contributed by atoms with Gasteiger partial charge in [-0.25, -0.2) is 4.79 Å². The lowest BCUT2D eigenvalue weighted by molar-refractivity contribution is 0.208. The zero-order valence-electron chi connectivity index (χ0n) is 11.1. The van der Waals surface area contributed by atoms with Crippen molar-refractivity contribution in [2.24, 2.45) is 10.9 Å². The van der Waals surface area contributed by atoms with Crippen molar-refractivity contribution in [1.29, 1.82) is 0 Å². The van der Waals surface area contributed by atoms with Gasteiger partial charge in [0.1, 0.15) is 5.84 Å². The predicted molar refractivity (Wildman–Crippen MR) is 80.7 cm³/mol. The summed E-state index contributed by atoms with van der Waals surface area (Å²) in [4.78, 5) is 13.5. The van der Waals surface area contributed by atoms with Gasteiger partial charge >= 0.3 is 6.03 Å². The smallest absolute Gasteiger partial charge is 0.321 e. The normalized spacial score (nSPS) is 12.9. The number of urea groups is 1. The zero-order chi connectivity index (χ0) is 15.3. The molecule has 4 N–H and O–H groups in total. The minimum absolute atomic E-state index is 0.0617. The fourth-order valence-corrected chi connectivity index (χ4v) is 1.76. The highest BCUT2D eigenvalue weighted by Gasteiger charge is 2.17. The lowest BCUT2D eigenvalue weighted by atomic mass is 10.2. The number of carbonyl (C=O) groups excluding carboxylic acids is 1. The van der Waals surface area contributed by atoms with Gasteiger partial charge in [-0.1, -0.05) is 28.4 Å². The van der Waals surface area contributed by atoms with E-state index in [1.165, 1.54) is 4.90 Å². The van der Waals surface area contributed by atoms with Crippen LogP contribution in [0.3, 0.4) is 0 Å². The minimum atomic E-state index is -0.332. The van der Waals surface area contributed by atoms with Crippen LogP contribution < -0.4 is 11.1 Å². The maximum atomic E-state index is 12.0. The fraction of sp³-hybridized carbons (Fsp3) is 0.333. The molecule has 0 bridgehead atoms. The Morgan fingerprint density at radius 3 is 2.70 bits per heavy atom. The molecule has 2 amide bonds. The molecule has 0 radical (unpaired) electrons. The van der Waals surface area contributed by atoms with E-state index in [4.69, 9.17) is 34.1 Å². The highest BCUT2D eigenvalue weighted by atomic mass is 35.5. The van der Waals surface area contributed by atoms with Crippen LogP contribution in [-0.2, 0) is 0 Å². The fourth-order valence-electron chi connectivity index (χ4n) is 1.47. The molecule has 0 heterocycles. The van der Waals surface area contributed by atoms with Crippen molar-refractivity contribution in [3.05, 3.63) is 28.2 Å². The minimum Gasteiger partial charge on any atom is -0.409 e. The first-order valence-electron chi connectivity index (χ1n) is 5.80. The predicted octanol–water partition coefficient (Wildman–Crippen LogP) is 2.98. The largest absolute Gasteiger partial charge is 0.409 e. The molecule has 110 valence electrons. The zero-order valence-corrected chi connectivity index (χ0v) is 12.6. The third kappa shape index (κ3) is 4.47. The highest BCUT2D eigenvalue weighted by Crippen LogP contribution is 2.25. The Kier molecular flexibility index (Phi) is 5.91. The molecule has 0 aromatic heterocycles. The second-order valence-corrected chi connectivity index (χ2v) is 5.13. The molecule has 0 saturated heterocycles. The number of nitrogens with zero attached hydrogens (tertiary/aromatic N) is 2. The van der Waals surface area contributed by atoms with E-state index in [1.807, 2.05) is 0 Å². The van der Waals surface area contributed by atoms with Crippen LogP contribution in [0.5, 0.6) is 0 Å². The number of carbonyl (C=O) groups is 1. The molecule has 0 aliphatic rings. The molecular weight excluding hydrogens is 303 g/mol. The number of rotatable bonds is 4. The highest BCUT2D eigenvalue weighted by molar-refractivity contribution is 6.42. The number of oxime groups is 1. The van der Waals surface area contributed by atoms with Gasteiger partial charge in [-0.3, -0.25) is 0 Å². The van der Waals surface area contributed by atoms with Gasteiger partial charge in [0.25, 0.3) is 0 Å². The summed E-state index contributed by atoms with van der Waals surface area (Å²) in [7, 11) is 1.61. The van der Waals surface area contributed by atoms with Gasteiger partial charge in [0.05, 0.1) is 10.0 Å². The standard InChI is InChI=1S/C12H16Cl2N4O2/c1-7(5-11(15)17-20)18(2)12(19)16-8-3-4-9(13)10(14)6-8/h3-4,6-7,20H,5H2,1-2H3,(H2,15,17)(H,16,19). The summed E-state index contributed by atoms with van der Waals surface area (Å²) >= 11 is 11.7. The van der Waals surface area contributed by atoms with E-state index in [2.05, 4.69) is 10.5 Å². The van der Waals surface area contributed by atoms with Crippen molar-refractivity contribution in [1.82, 2.24) is 4.90 Å². The summed E-state index contributed by atoms with van der Waals surface area (Å²) in [5.74, 6) is 0.0617. The van der Waals surface area contributed by atoms with E-state index in [-0.39, 0.29) is 24.3 Å². The number of halogens is 2. The van der Waals surface area contributed by atoms with E-state index in [0.29, 0.717) is 15.7 Å². The summed E-state index contributed by atoms with van der Waals surface area (Å²) in [6.07, 6.45) is 0.266. The number of benzene rings is 1.